The highest BCUT2D eigenvalue weighted by Gasteiger charge is 2.12. The largest absolute Gasteiger partial charge is 0.360 e. The molecule has 0 radical (unpaired) electrons. The minimum Gasteiger partial charge on any atom is -0.360 e. The Balaban J connectivity index is 2.85. The van der Waals surface area contributed by atoms with Gasteiger partial charge in [0.25, 0.3) is 0 Å². The Morgan fingerprint density at radius 3 is 2.81 bits per heavy atom. The Kier molecular flexibility index (Phi) is 5.26. The predicted octanol–water partition coefficient (Wildman–Crippen LogP) is 2.60. The summed E-state index contributed by atoms with van der Waals surface area (Å²) in [5.41, 5.74) is 1.28. The van der Waals surface area contributed by atoms with Crippen LogP contribution < -0.4 is 10.2 Å². The zero-order valence-corrected chi connectivity index (χ0v) is 10.8. The van der Waals surface area contributed by atoms with E-state index < -0.39 is 0 Å². The number of hydrogen-bond acceptors (Lipinski definition) is 3. The van der Waals surface area contributed by atoms with Crippen molar-refractivity contribution in [2.45, 2.75) is 33.2 Å². The summed E-state index contributed by atoms with van der Waals surface area (Å²) < 4.78 is 0. The number of anilines is 1. The normalized spacial score (nSPS) is 12.5. The fraction of sp³-hybridized carbons (Fsp3) is 0.615. The molecule has 16 heavy (non-hydrogen) atoms. The molecular weight excluding hydrogens is 198 g/mol. The smallest absolute Gasteiger partial charge is 0.133 e. The highest BCUT2D eigenvalue weighted by molar-refractivity contribution is 5.47. The van der Waals surface area contributed by atoms with Crippen LogP contribution in [0.1, 0.15) is 38.8 Å². The number of rotatable bonds is 6. The molecule has 0 saturated heterocycles. The van der Waals surface area contributed by atoms with E-state index in [1.165, 1.54) is 5.56 Å². The van der Waals surface area contributed by atoms with Crippen LogP contribution in [0.15, 0.2) is 18.3 Å². The fourth-order valence-electron chi connectivity index (χ4n) is 1.69. The Bertz CT molecular complexity index is 312. The van der Waals surface area contributed by atoms with Crippen LogP contribution in [0.3, 0.4) is 0 Å². The lowest BCUT2D eigenvalue weighted by Crippen LogP contribution is -2.24. The van der Waals surface area contributed by atoms with E-state index in [2.05, 4.69) is 49.1 Å². The van der Waals surface area contributed by atoms with Gasteiger partial charge in [0.15, 0.2) is 0 Å². The highest BCUT2D eigenvalue weighted by atomic mass is 15.2. The van der Waals surface area contributed by atoms with E-state index in [0.29, 0.717) is 6.04 Å². The van der Waals surface area contributed by atoms with Crippen LogP contribution in [0.25, 0.3) is 0 Å². The lowest BCUT2D eigenvalue weighted by atomic mass is 10.1. The van der Waals surface area contributed by atoms with E-state index in [1.807, 2.05) is 12.3 Å². The first-order valence-corrected chi connectivity index (χ1v) is 6.10. The van der Waals surface area contributed by atoms with Crippen LogP contribution >= 0.6 is 0 Å². The van der Waals surface area contributed by atoms with E-state index >= 15 is 0 Å². The van der Waals surface area contributed by atoms with Crippen molar-refractivity contribution in [1.29, 1.82) is 0 Å². The molecule has 0 aromatic carbocycles. The van der Waals surface area contributed by atoms with Gasteiger partial charge in [0.1, 0.15) is 5.82 Å². The zero-order chi connectivity index (χ0) is 12.0. The van der Waals surface area contributed by atoms with Crippen molar-refractivity contribution >= 4 is 5.82 Å². The molecule has 3 nitrogen and oxygen atoms in total. The number of pyridine rings is 1. The Morgan fingerprint density at radius 2 is 2.19 bits per heavy atom. The lowest BCUT2D eigenvalue weighted by molar-refractivity contribution is 0.568. The standard InChI is InChI=1S/C13H23N3/c1-5-9-14-11(3)12-8-7-10-15-13(12)16(4)6-2/h7-8,10-11,14H,5-6,9H2,1-4H3. The Hall–Kier alpha value is -1.09. The van der Waals surface area contributed by atoms with Gasteiger partial charge in [0.05, 0.1) is 0 Å². The monoisotopic (exact) mass is 221 g/mol. The lowest BCUT2D eigenvalue weighted by Gasteiger charge is -2.23. The molecule has 0 aliphatic carbocycles. The van der Waals surface area contributed by atoms with E-state index in [1.54, 1.807) is 0 Å². The van der Waals surface area contributed by atoms with Gasteiger partial charge >= 0.3 is 0 Å². The van der Waals surface area contributed by atoms with Crippen molar-refractivity contribution < 1.29 is 0 Å². The second-order valence-corrected chi connectivity index (χ2v) is 4.11. The maximum atomic E-state index is 4.46. The molecule has 0 spiro atoms. The molecule has 0 saturated carbocycles. The molecule has 1 aromatic rings. The second-order valence-electron chi connectivity index (χ2n) is 4.11. The van der Waals surface area contributed by atoms with Crippen molar-refractivity contribution in [3.8, 4) is 0 Å². The molecule has 1 aromatic heterocycles. The van der Waals surface area contributed by atoms with Gasteiger partial charge in [-0.15, -0.1) is 0 Å². The number of aromatic nitrogens is 1. The maximum absolute atomic E-state index is 4.46. The molecular formula is C13H23N3. The van der Waals surface area contributed by atoms with E-state index in [-0.39, 0.29) is 0 Å². The molecule has 0 aliphatic heterocycles. The van der Waals surface area contributed by atoms with Gasteiger partial charge in [-0.3, -0.25) is 0 Å². The van der Waals surface area contributed by atoms with Crippen molar-refractivity contribution in [3.63, 3.8) is 0 Å². The first-order valence-electron chi connectivity index (χ1n) is 6.10. The van der Waals surface area contributed by atoms with Gasteiger partial charge in [-0.05, 0) is 32.9 Å². The molecule has 3 heteroatoms. The van der Waals surface area contributed by atoms with Crippen LogP contribution in [0.2, 0.25) is 0 Å². The highest BCUT2D eigenvalue weighted by Crippen LogP contribution is 2.22. The molecule has 1 N–H and O–H groups in total. The molecule has 1 atom stereocenters. The van der Waals surface area contributed by atoms with Gasteiger partial charge in [0.2, 0.25) is 0 Å². The summed E-state index contributed by atoms with van der Waals surface area (Å²) in [5, 5.41) is 3.50. The van der Waals surface area contributed by atoms with Crippen LogP contribution in [0.4, 0.5) is 5.82 Å². The van der Waals surface area contributed by atoms with Gasteiger partial charge < -0.3 is 10.2 Å². The third-order valence-electron chi connectivity index (χ3n) is 2.82. The van der Waals surface area contributed by atoms with Gasteiger partial charge in [-0.25, -0.2) is 4.98 Å². The average molecular weight is 221 g/mol. The van der Waals surface area contributed by atoms with Crippen molar-refractivity contribution in [2.24, 2.45) is 0 Å². The first-order chi connectivity index (χ1) is 7.70. The minimum absolute atomic E-state index is 0.359. The van der Waals surface area contributed by atoms with Crippen LogP contribution in [0, 0.1) is 0 Å². The SMILES string of the molecule is CCCNC(C)c1cccnc1N(C)CC. The summed E-state index contributed by atoms with van der Waals surface area (Å²) in [7, 11) is 2.08. The molecule has 1 unspecified atom stereocenters. The van der Waals surface area contributed by atoms with Crippen LogP contribution in [-0.4, -0.2) is 25.1 Å². The minimum atomic E-state index is 0.359. The average Bonchev–Trinajstić information content (AvgIpc) is 2.35. The van der Waals surface area contributed by atoms with Crippen molar-refractivity contribution in [2.75, 3.05) is 25.0 Å². The molecule has 90 valence electrons. The second kappa shape index (κ2) is 6.48. The number of nitrogens with one attached hydrogen (secondary N) is 1. The van der Waals surface area contributed by atoms with E-state index in [9.17, 15) is 0 Å². The third kappa shape index (κ3) is 3.20. The summed E-state index contributed by atoms with van der Waals surface area (Å²) in [6.07, 6.45) is 3.01. The summed E-state index contributed by atoms with van der Waals surface area (Å²) in [4.78, 5) is 6.64. The van der Waals surface area contributed by atoms with Gasteiger partial charge in [-0.2, -0.15) is 0 Å². The van der Waals surface area contributed by atoms with Crippen LogP contribution in [-0.2, 0) is 0 Å². The quantitative estimate of drug-likeness (QED) is 0.800. The number of hydrogen-bond donors (Lipinski definition) is 1. The summed E-state index contributed by atoms with van der Waals surface area (Å²) >= 11 is 0. The zero-order valence-electron chi connectivity index (χ0n) is 10.8. The summed E-state index contributed by atoms with van der Waals surface area (Å²) in [6.45, 7) is 8.54. The fourth-order valence-corrected chi connectivity index (χ4v) is 1.69. The number of nitrogens with zero attached hydrogens (tertiary/aromatic N) is 2. The first kappa shape index (κ1) is 13.0. The predicted molar refractivity (Wildman–Crippen MR) is 69.9 cm³/mol. The van der Waals surface area contributed by atoms with Crippen molar-refractivity contribution in [3.05, 3.63) is 23.9 Å². The Morgan fingerprint density at radius 1 is 1.44 bits per heavy atom. The Labute approximate surface area is 98.9 Å². The van der Waals surface area contributed by atoms with E-state index in [0.717, 1.165) is 25.3 Å². The third-order valence-corrected chi connectivity index (χ3v) is 2.82. The van der Waals surface area contributed by atoms with Crippen molar-refractivity contribution in [1.82, 2.24) is 10.3 Å². The summed E-state index contributed by atoms with van der Waals surface area (Å²) in [6, 6.07) is 4.52. The molecule has 0 bridgehead atoms. The van der Waals surface area contributed by atoms with Gasteiger partial charge in [0, 0.05) is 31.4 Å². The molecule has 0 amide bonds. The summed E-state index contributed by atoms with van der Waals surface area (Å²) in [5.74, 6) is 1.08. The molecule has 0 fully saturated rings. The molecule has 0 aliphatic rings. The molecule has 1 heterocycles. The van der Waals surface area contributed by atoms with Crippen LogP contribution in [0.5, 0.6) is 0 Å². The maximum Gasteiger partial charge on any atom is 0.133 e. The topological polar surface area (TPSA) is 28.2 Å². The van der Waals surface area contributed by atoms with E-state index in [4.69, 9.17) is 0 Å². The van der Waals surface area contributed by atoms with Gasteiger partial charge in [-0.1, -0.05) is 13.0 Å². The molecule has 1 rings (SSSR count).